The molecule has 2 rings (SSSR count). The van der Waals surface area contributed by atoms with Crippen LogP contribution >= 0.6 is 0 Å². The second kappa shape index (κ2) is 13.4. The summed E-state index contributed by atoms with van der Waals surface area (Å²) in [7, 11) is 0. The third-order valence-electron chi connectivity index (χ3n) is 5.47. The van der Waals surface area contributed by atoms with Gasteiger partial charge in [0.25, 0.3) is 5.09 Å². The molecule has 1 aromatic carbocycles. The topological polar surface area (TPSA) is 148 Å². The van der Waals surface area contributed by atoms with E-state index in [9.17, 15) is 29.6 Å². The standard InChI is InChI=1S/C22H31N3O8/c1-16(20(26)24-13-7-10-19(24)21(27)28)23-18(12-11-17-8-3-2-4-9-17)22(29)32-14-5-6-15-33-25(30)31/h2-4,8-9,16,18-19,23H,5-7,10-15H2,1H3,(H,27,28). The zero-order valence-corrected chi connectivity index (χ0v) is 18.7. The number of carboxylic acid groups (broad SMARTS) is 1. The number of unbranched alkanes of at least 4 members (excludes halogenated alkanes) is 1. The van der Waals surface area contributed by atoms with E-state index in [0.29, 0.717) is 45.1 Å². The van der Waals surface area contributed by atoms with Gasteiger partial charge < -0.3 is 19.6 Å². The molecule has 3 atom stereocenters. The van der Waals surface area contributed by atoms with Gasteiger partial charge in [0.2, 0.25) is 5.91 Å². The highest BCUT2D eigenvalue weighted by molar-refractivity contribution is 5.88. The Hall–Kier alpha value is -3.21. The average molecular weight is 466 g/mol. The molecule has 33 heavy (non-hydrogen) atoms. The van der Waals surface area contributed by atoms with Crippen molar-refractivity contribution in [2.75, 3.05) is 19.8 Å². The summed E-state index contributed by atoms with van der Waals surface area (Å²) in [6.07, 6.45) is 2.74. The minimum absolute atomic E-state index is 0.0684. The zero-order valence-electron chi connectivity index (χ0n) is 18.7. The van der Waals surface area contributed by atoms with E-state index >= 15 is 0 Å². The summed E-state index contributed by atoms with van der Waals surface area (Å²) in [5.41, 5.74) is 1.03. The number of nitrogens with one attached hydrogen (secondary N) is 1. The van der Waals surface area contributed by atoms with Crippen molar-refractivity contribution in [3.8, 4) is 0 Å². The fraction of sp³-hybridized carbons (Fsp3) is 0.591. The molecule has 182 valence electrons. The molecule has 3 unspecified atom stereocenters. The molecule has 1 saturated heterocycles. The SMILES string of the molecule is CC(NC(CCc1ccccc1)C(=O)OCCCCO[N+](=O)[O-])C(=O)N1CCCC1C(=O)O. The van der Waals surface area contributed by atoms with E-state index in [1.807, 2.05) is 30.3 Å². The number of amides is 1. The predicted octanol–water partition coefficient (Wildman–Crippen LogP) is 1.57. The number of nitrogens with zero attached hydrogens (tertiary/aromatic N) is 2. The smallest absolute Gasteiger partial charge is 0.326 e. The number of carboxylic acids is 1. The van der Waals surface area contributed by atoms with Crippen LogP contribution in [0, 0.1) is 10.1 Å². The van der Waals surface area contributed by atoms with E-state index in [4.69, 9.17) is 4.74 Å². The summed E-state index contributed by atoms with van der Waals surface area (Å²) in [6.45, 7) is 1.97. The van der Waals surface area contributed by atoms with E-state index in [0.717, 1.165) is 5.56 Å². The number of hydrogen-bond donors (Lipinski definition) is 2. The van der Waals surface area contributed by atoms with Gasteiger partial charge in [0.15, 0.2) is 0 Å². The number of carbonyl (C=O) groups excluding carboxylic acids is 2. The Bertz CT molecular complexity index is 804. The fourth-order valence-electron chi connectivity index (χ4n) is 3.75. The molecule has 0 aromatic heterocycles. The average Bonchev–Trinajstić information content (AvgIpc) is 3.29. The molecule has 0 aliphatic carbocycles. The minimum atomic E-state index is -1.03. The second-order valence-corrected chi connectivity index (χ2v) is 7.92. The number of carbonyl (C=O) groups is 3. The number of ether oxygens (including phenoxy) is 1. The zero-order chi connectivity index (χ0) is 24.2. The van der Waals surface area contributed by atoms with Crippen LogP contribution in [0.25, 0.3) is 0 Å². The van der Waals surface area contributed by atoms with Gasteiger partial charge in [-0.1, -0.05) is 30.3 Å². The Balaban J connectivity index is 1.94. The normalized spacial score (nSPS) is 17.2. The molecule has 2 N–H and O–H groups in total. The van der Waals surface area contributed by atoms with Gasteiger partial charge in [-0.15, -0.1) is 10.1 Å². The molecule has 1 amide bonds. The predicted molar refractivity (Wildman–Crippen MR) is 117 cm³/mol. The van der Waals surface area contributed by atoms with Crippen LogP contribution in [0.15, 0.2) is 30.3 Å². The Morgan fingerprint density at radius 2 is 1.94 bits per heavy atom. The Kier molecular flexibility index (Phi) is 10.5. The number of benzene rings is 1. The van der Waals surface area contributed by atoms with E-state index in [-0.39, 0.29) is 19.1 Å². The Morgan fingerprint density at radius 3 is 2.61 bits per heavy atom. The summed E-state index contributed by atoms with van der Waals surface area (Å²) >= 11 is 0. The third-order valence-corrected chi connectivity index (χ3v) is 5.47. The minimum Gasteiger partial charge on any atom is -0.480 e. The molecular weight excluding hydrogens is 434 g/mol. The molecule has 0 spiro atoms. The van der Waals surface area contributed by atoms with Crippen LogP contribution in [0.4, 0.5) is 0 Å². The lowest BCUT2D eigenvalue weighted by Gasteiger charge is -2.28. The van der Waals surface area contributed by atoms with Crippen molar-refractivity contribution in [3.63, 3.8) is 0 Å². The van der Waals surface area contributed by atoms with Crippen molar-refractivity contribution in [2.24, 2.45) is 0 Å². The number of rotatable bonds is 14. The van der Waals surface area contributed by atoms with Crippen LogP contribution in [-0.4, -0.2) is 70.8 Å². The fourth-order valence-corrected chi connectivity index (χ4v) is 3.75. The second-order valence-electron chi connectivity index (χ2n) is 7.92. The Morgan fingerprint density at radius 1 is 1.24 bits per heavy atom. The molecule has 0 radical (unpaired) electrons. The summed E-state index contributed by atoms with van der Waals surface area (Å²) < 4.78 is 5.32. The summed E-state index contributed by atoms with van der Waals surface area (Å²) in [4.78, 5) is 52.7. The van der Waals surface area contributed by atoms with Crippen molar-refractivity contribution in [1.82, 2.24) is 10.2 Å². The maximum atomic E-state index is 12.9. The number of hydrogen-bond acceptors (Lipinski definition) is 8. The van der Waals surface area contributed by atoms with Crippen LogP contribution < -0.4 is 5.32 Å². The van der Waals surface area contributed by atoms with Gasteiger partial charge in [0.05, 0.1) is 19.3 Å². The van der Waals surface area contributed by atoms with Crippen molar-refractivity contribution < 1.29 is 34.2 Å². The molecule has 1 aliphatic rings. The molecule has 0 bridgehead atoms. The van der Waals surface area contributed by atoms with Crippen LogP contribution in [0.5, 0.6) is 0 Å². The largest absolute Gasteiger partial charge is 0.480 e. The molecule has 11 heteroatoms. The maximum Gasteiger partial charge on any atom is 0.326 e. The summed E-state index contributed by atoms with van der Waals surface area (Å²) in [5, 5.41) is 21.6. The van der Waals surface area contributed by atoms with Crippen molar-refractivity contribution in [3.05, 3.63) is 46.0 Å². The monoisotopic (exact) mass is 465 g/mol. The molecular formula is C22H31N3O8. The quantitative estimate of drug-likeness (QED) is 0.181. The molecule has 1 aromatic rings. The molecule has 11 nitrogen and oxygen atoms in total. The summed E-state index contributed by atoms with van der Waals surface area (Å²) in [5.74, 6) is -1.93. The number of aliphatic carboxylic acids is 1. The maximum absolute atomic E-state index is 12.9. The van der Waals surface area contributed by atoms with Crippen LogP contribution in [0.2, 0.25) is 0 Å². The first-order valence-electron chi connectivity index (χ1n) is 11.1. The molecule has 0 saturated carbocycles. The van der Waals surface area contributed by atoms with Gasteiger partial charge in [-0.2, -0.15) is 0 Å². The van der Waals surface area contributed by atoms with Gasteiger partial charge in [-0.25, -0.2) is 4.79 Å². The molecule has 1 fully saturated rings. The first-order valence-corrected chi connectivity index (χ1v) is 11.1. The Labute approximate surface area is 192 Å². The lowest BCUT2D eigenvalue weighted by molar-refractivity contribution is -0.757. The van der Waals surface area contributed by atoms with Crippen LogP contribution in [-0.2, 0) is 30.4 Å². The van der Waals surface area contributed by atoms with Gasteiger partial charge >= 0.3 is 11.9 Å². The van der Waals surface area contributed by atoms with E-state index < -0.39 is 35.2 Å². The van der Waals surface area contributed by atoms with E-state index in [1.165, 1.54) is 4.90 Å². The highest BCUT2D eigenvalue weighted by Crippen LogP contribution is 2.19. The van der Waals surface area contributed by atoms with Crippen LogP contribution in [0.1, 0.15) is 44.6 Å². The van der Waals surface area contributed by atoms with E-state index in [2.05, 4.69) is 10.2 Å². The highest BCUT2D eigenvalue weighted by Gasteiger charge is 2.37. The number of aryl methyl sites for hydroxylation is 1. The lowest BCUT2D eigenvalue weighted by Crippen LogP contribution is -2.53. The third kappa shape index (κ3) is 8.68. The number of likely N-dealkylation sites (tertiary alicyclic amines) is 1. The summed E-state index contributed by atoms with van der Waals surface area (Å²) in [6, 6.07) is 7.17. The van der Waals surface area contributed by atoms with Crippen molar-refractivity contribution in [2.45, 2.75) is 63.6 Å². The first kappa shape index (κ1) is 26.0. The van der Waals surface area contributed by atoms with Gasteiger partial charge in [-0.05, 0) is 51.0 Å². The van der Waals surface area contributed by atoms with Gasteiger partial charge in [-0.3, -0.25) is 14.9 Å². The number of esters is 1. The van der Waals surface area contributed by atoms with Crippen LogP contribution in [0.3, 0.4) is 0 Å². The molecule has 1 heterocycles. The first-order chi connectivity index (χ1) is 15.8. The van der Waals surface area contributed by atoms with E-state index in [1.54, 1.807) is 6.92 Å². The van der Waals surface area contributed by atoms with Gasteiger partial charge in [0, 0.05) is 6.54 Å². The lowest BCUT2D eigenvalue weighted by atomic mass is 10.0. The van der Waals surface area contributed by atoms with Crippen molar-refractivity contribution in [1.29, 1.82) is 0 Å². The van der Waals surface area contributed by atoms with Crippen molar-refractivity contribution >= 4 is 17.8 Å². The highest BCUT2D eigenvalue weighted by atomic mass is 16.9. The molecule has 1 aliphatic heterocycles. The van der Waals surface area contributed by atoms with Gasteiger partial charge in [0.1, 0.15) is 12.1 Å².